The number of hydrogen-bond donors (Lipinski definition) is 0. The molecule has 5 rings (SSSR count). The minimum atomic E-state index is -3.97. The molecule has 0 radical (unpaired) electrons. The van der Waals surface area contributed by atoms with Crippen molar-refractivity contribution >= 4 is 20.0 Å². The van der Waals surface area contributed by atoms with E-state index in [1.54, 1.807) is 28.6 Å². The highest BCUT2D eigenvalue weighted by molar-refractivity contribution is 7.89. The number of fused-ring (bicyclic) bond motifs is 1. The number of aryl methyl sites for hydroxylation is 1. The van der Waals surface area contributed by atoms with Crippen LogP contribution < -0.4 is 0 Å². The van der Waals surface area contributed by atoms with Crippen LogP contribution in [0.25, 0.3) is 0 Å². The van der Waals surface area contributed by atoms with Crippen LogP contribution in [-0.4, -0.2) is 50.9 Å². The zero-order valence-corrected chi connectivity index (χ0v) is 24.0. The van der Waals surface area contributed by atoms with Gasteiger partial charge >= 0.3 is 0 Å². The lowest BCUT2D eigenvalue weighted by molar-refractivity contribution is 0.118. The van der Waals surface area contributed by atoms with Gasteiger partial charge in [0.1, 0.15) is 0 Å². The zero-order chi connectivity index (χ0) is 27.8. The second-order valence-electron chi connectivity index (χ2n) is 10.1. The maximum absolute atomic E-state index is 14.5. The Morgan fingerprint density at radius 2 is 1.36 bits per heavy atom. The summed E-state index contributed by atoms with van der Waals surface area (Å²) in [5.41, 5.74) is 3.37. The van der Waals surface area contributed by atoms with Crippen LogP contribution >= 0.6 is 0 Å². The van der Waals surface area contributed by atoms with Gasteiger partial charge in [-0.2, -0.15) is 8.61 Å². The second-order valence-corrected chi connectivity index (χ2v) is 13.9. The Morgan fingerprint density at radius 1 is 0.795 bits per heavy atom. The molecule has 206 valence electrons. The van der Waals surface area contributed by atoms with Crippen molar-refractivity contribution in [3.05, 3.63) is 113 Å². The Morgan fingerprint density at radius 3 is 1.90 bits per heavy atom. The Bertz CT molecular complexity index is 1550. The molecule has 9 heteroatoms. The van der Waals surface area contributed by atoms with E-state index in [0.29, 0.717) is 24.4 Å². The fraction of sp³-hybridized carbons (Fsp3) is 0.333. The van der Waals surface area contributed by atoms with Gasteiger partial charge in [0.05, 0.1) is 41.6 Å². The Balaban J connectivity index is 1.72. The molecule has 0 saturated carbocycles. The first kappa shape index (κ1) is 27.6. The van der Waals surface area contributed by atoms with Gasteiger partial charge in [-0.25, -0.2) is 16.8 Å². The smallest absolute Gasteiger partial charge is 0.244 e. The number of rotatable bonds is 7. The van der Waals surface area contributed by atoms with Gasteiger partial charge in [0.15, 0.2) is 0 Å². The summed E-state index contributed by atoms with van der Waals surface area (Å²) in [6.07, 6.45) is 1.81. The summed E-state index contributed by atoms with van der Waals surface area (Å²) in [6, 6.07) is 24.3. The van der Waals surface area contributed by atoms with Gasteiger partial charge in [-0.15, -0.1) is 0 Å². The van der Waals surface area contributed by atoms with E-state index in [0.717, 1.165) is 16.7 Å². The van der Waals surface area contributed by atoms with Crippen molar-refractivity contribution in [2.45, 2.75) is 49.7 Å². The van der Waals surface area contributed by atoms with Crippen LogP contribution in [0.2, 0.25) is 0 Å². The fourth-order valence-electron chi connectivity index (χ4n) is 5.76. The van der Waals surface area contributed by atoms with E-state index >= 15 is 0 Å². The molecular formula is C30H34N2O5S2. The van der Waals surface area contributed by atoms with Crippen LogP contribution in [0.3, 0.4) is 0 Å². The van der Waals surface area contributed by atoms with E-state index in [-0.39, 0.29) is 17.9 Å². The van der Waals surface area contributed by atoms with Crippen molar-refractivity contribution in [1.29, 1.82) is 0 Å². The largest absolute Gasteiger partial charge is 0.498 e. The van der Waals surface area contributed by atoms with E-state index in [1.807, 2.05) is 74.5 Å². The number of piperidine rings is 1. The molecule has 0 amide bonds. The minimum Gasteiger partial charge on any atom is -0.498 e. The zero-order valence-electron chi connectivity index (χ0n) is 22.4. The number of hydrogen-bond acceptors (Lipinski definition) is 5. The molecule has 0 aliphatic carbocycles. The molecule has 3 aromatic carbocycles. The topological polar surface area (TPSA) is 84.0 Å². The third-order valence-corrected chi connectivity index (χ3v) is 10.8. The summed E-state index contributed by atoms with van der Waals surface area (Å²) in [6.45, 7) is 4.28. The van der Waals surface area contributed by atoms with Crippen molar-refractivity contribution < 1.29 is 21.6 Å². The van der Waals surface area contributed by atoms with E-state index < -0.39 is 38.2 Å². The molecule has 2 aliphatic heterocycles. The first-order valence-corrected chi connectivity index (χ1v) is 16.4. The van der Waals surface area contributed by atoms with Crippen molar-refractivity contribution in [1.82, 2.24) is 8.61 Å². The first-order chi connectivity index (χ1) is 18.6. The van der Waals surface area contributed by atoms with E-state index in [2.05, 4.69) is 0 Å². The lowest BCUT2D eigenvalue weighted by Gasteiger charge is -2.49. The highest BCUT2D eigenvalue weighted by atomic mass is 32.2. The predicted molar refractivity (Wildman–Crippen MR) is 152 cm³/mol. The Labute approximate surface area is 231 Å². The molecule has 2 aliphatic rings. The van der Waals surface area contributed by atoms with Gasteiger partial charge in [0.2, 0.25) is 20.0 Å². The molecule has 3 aromatic rings. The molecule has 1 fully saturated rings. The summed E-state index contributed by atoms with van der Waals surface area (Å²) in [5, 5.41) is 0. The van der Waals surface area contributed by atoms with Crippen LogP contribution in [0, 0.1) is 6.92 Å². The maximum atomic E-state index is 14.5. The highest BCUT2D eigenvalue weighted by Crippen LogP contribution is 2.48. The van der Waals surface area contributed by atoms with Crippen molar-refractivity contribution in [3.8, 4) is 0 Å². The van der Waals surface area contributed by atoms with Gasteiger partial charge < -0.3 is 4.74 Å². The summed E-state index contributed by atoms with van der Waals surface area (Å²) < 4.78 is 64.2. The van der Waals surface area contributed by atoms with E-state index in [1.165, 1.54) is 10.6 Å². The van der Waals surface area contributed by atoms with Crippen molar-refractivity contribution in [3.63, 3.8) is 0 Å². The summed E-state index contributed by atoms with van der Waals surface area (Å²) >= 11 is 0. The number of nitrogens with zero attached hydrogens (tertiary/aromatic N) is 2. The van der Waals surface area contributed by atoms with Crippen molar-refractivity contribution in [2.24, 2.45) is 0 Å². The first-order valence-electron chi connectivity index (χ1n) is 13.1. The van der Waals surface area contributed by atoms with Crippen LogP contribution in [0.15, 0.2) is 101 Å². The molecule has 3 atom stereocenters. The lowest BCUT2D eigenvalue weighted by Crippen LogP contribution is -2.54. The number of ether oxygens (including phenoxy) is 1. The maximum Gasteiger partial charge on any atom is 0.244 e. The van der Waals surface area contributed by atoms with Gasteiger partial charge in [0, 0.05) is 18.5 Å². The average Bonchev–Trinajstić information content (AvgIpc) is 2.93. The summed E-state index contributed by atoms with van der Waals surface area (Å²) in [4.78, 5) is 0.218. The Hall–Kier alpha value is -2.98. The van der Waals surface area contributed by atoms with E-state index in [9.17, 15) is 16.8 Å². The van der Waals surface area contributed by atoms with Crippen LogP contribution in [0.5, 0.6) is 0 Å². The summed E-state index contributed by atoms with van der Waals surface area (Å²) in [5.74, 6) is 0.673. The molecule has 2 heterocycles. The standard InChI is InChI=1S/C30H34N2O5S2/c1-4-37-30-20-28(24-13-9-6-10-14-24)32(39(35,36)25-17-15-22(2)16-18-25)29-19-27(23-11-7-5-8-12-23)31(21-26(29)30)38(3,33)34/h5-18,27-29H,4,19-21H2,1-3H3/t27?,28?,29-/m0/s1. The second kappa shape index (κ2) is 10.9. The molecule has 1 saturated heterocycles. The minimum absolute atomic E-state index is 0.0693. The van der Waals surface area contributed by atoms with Crippen molar-refractivity contribution in [2.75, 3.05) is 19.4 Å². The molecular weight excluding hydrogens is 532 g/mol. The Kier molecular flexibility index (Phi) is 7.70. The average molecular weight is 567 g/mol. The fourth-order valence-corrected chi connectivity index (χ4v) is 8.61. The molecule has 0 bridgehead atoms. The van der Waals surface area contributed by atoms with E-state index in [4.69, 9.17) is 4.74 Å². The molecule has 2 unspecified atom stereocenters. The number of sulfonamides is 2. The van der Waals surface area contributed by atoms with Gasteiger partial charge in [-0.1, -0.05) is 78.4 Å². The van der Waals surface area contributed by atoms with Crippen LogP contribution in [0.1, 0.15) is 48.5 Å². The van der Waals surface area contributed by atoms with Gasteiger partial charge in [-0.3, -0.25) is 0 Å². The third-order valence-electron chi connectivity index (χ3n) is 7.58. The van der Waals surface area contributed by atoms with Gasteiger partial charge in [0.25, 0.3) is 0 Å². The molecule has 0 N–H and O–H groups in total. The molecule has 39 heavy (non-hydrogen) atoms. The highest BCUT2D eigenvalue weighted by Gasteiger charge is 2.50. The SMILES string of the molecule is CCOC1=C2CN(S(C)(=O)=O)C(c3ccccc3)C[C@@H]2N(S(=O)(=O)c2ccc(C)cc2)C(c2ccccc2)C1. The van der Waals surface area contributed by atoms with Gasteiger partial charge in [-0.05, 0) is 43.5 Å². The lowest BCUT2D eigenvalue weighted by atomic mass is 9.84. The molecule has 0 aromatic heterocycles. The summed E-state index contributed by atoms with van der Waals surface area (Å²) in [7, 11) is -7.58. The monoisotopic (exact) mass is 566 g/mol. The quantitative estimate of drug-likeness (QED) is 0.393. The predicted octanol–water partition coefficient (Wildman–Crippen LogP) is 5.20. The van der Waals surface area contributed by atoms with Crippen LogP contribution in [0.4, 0.5) is 0 Å². The normalized spacial score (nSPS) is 22.9. The number of benzene rings is 3. The van der Waals surface area contributed by atoms with Crippen LogP contribution in [-0.2, 0) is 24.8 Å². The molecule has 0 spiro atoms. The molecule has 7 nitrogen and oxygen atoms in total. The third kappa shape index (κ3) is 5.41.